The van der Waals surface area contributed by atoms with Crippen molar-refractivity contribution in [3.63, 3.8) is 0 Å². The molecule has 0 unspecified atom stereocenters. The van der Waals surface area contributed by atoms with Crippen LogP contribution < -0.4 is 0 Å². The Morgan fingerprint density at radius 3 is 0.942 bits per heavy atom. The van der Waals surface area contributed by atoms with E-state index in [1.54, 1.807) is 6.07 Å². The summed E-state index contributed by atoms with van der Waals surface area (Å²) in [5.74, 6) is 5.34. The van der Waals surface area contributed by atoms with Gasteiger partial charge in [0, 0.05) is 0 Å². The third-order valence-electron chi connectivity index (χ3n) is 19.3. The van der Waals surface area contributed by atoms with E-state index >= 15 is 0 Å². The van der Waals surface area contributed by atoms with Crippen molar-refractivity contribution in [1.29, 1.82) is 0 Å². The highest BCUT2D eigenvalue weighted by atomic mass is 19.4. The Morgan fingerprint density at radius 1 is 0.272 bits per heavy atom. The van der Waals surface area contributed by atoms with Crippen molar-refractivity contribution in [2.24, 2.45) is 22.7 Å². The molecule has 0 fully saturated rings. The van der Waals surface area contributed by atoms with Gasteiger partial charge in [-0.15, -0.1) is 0 Å². The SMILES string of the molecule is Cc1ccc(C(C)(C)C)cc1C(C)C.Cc1ccc(C(C)C)cc1C(C)C.Cc1ccc(C)c(C(C)C)c1.Cc1ccc(CC(C)(C)C(F)(F)F)cc1C.Cc1ccc(CC(C)(C)C)cc1C.Cc1ccc(CC(C)C)cc1C.Cc1ccc(CC(C)C)cc1C(C)C.Cc1ccccc1C(C)C. The molecule has 0 aromatic heterocycles. The van der Waals surface area contributed by atoms with Crippen LogP contribution in [0.15, 0.2) is 152 Å². The Kier molecular flexibility index (Phi) is 40.3. The van der Waals surface area contributed by atoms with E-state index in [9.17, 15) is 13.2 Å². The fourth-order valence-corrected chi connectivity index (χ4v) is 12.3. The number of aryl methyl sites for hydroxylation is 12. The van der Waals surface area contributed by atoms with E-state index in [-0.39, 0.29) is 11.8 Å². The maximum absolute atomic E-state index is 12.7. The highest BCUT2D eigenvalue weighted by Crippen LogP contribution is 2.40. The molecule has 8 aromatic rings. The van der Waals surface area contributed by atoms with Crippen LogP contribution in [0.2, 0.25) is 0 Å². The maximum Gasteiger partial charge on any atom is 0.394 e. The number of hydrogen-bond acceptors (Lipinski definition) is 0. The van der Waals surface area contributed by atoms with Crippen LogP contribution >= 0.6 is 0 Å². The minimum atomic E-state index is -4.16. The van der Waals surface area contributed by atoms with Gasteiger partial charge in [0.05, 0.1) is 5.41 Å². The monoisotopic (exact) mass is 1410 g/mol. The predicted molar refractivity (Wildman–Crippen MR) is 455 cm³/mol. The average molecular weight is 1410 g/mol. The molecule has 8 rings (SSSR count). The summed E-state index contributed by atoms with van der Waals surface area (Å²) in [5, 5.41) is 0. The second-order valence-electron chi connectivity index (χ2n) is 35.5. The van der Waals surface area contributed by atoms with Crippen molar-refractivity contribution in [2.75, 3.05) is 0 Å². The molecule has 3 heteroatoms. The van der Waals surface area contributed by atoms with Gasteiger partial charge < -0.3 is 0 Å². The highest BCUT2D eigenvalue weighted by molar-refractivity contribution is 5.39. The molecule has 0 aliphatic heterocycles. The Bertz CT molecular complexity index is 3760. The molecule has 0 atom stereocenters. The van der Waals surface area contributed by atoms with E-state index in [2.05, 4.69) is 355 Å². The summed E-state index contributed by atoms with van der Waals surface area (Å²) in [4.78, 5) is 0. The molecule has 0 radical (unpaired) electrons. The van der Waals surface area contributed by atoms with Crippen molar-refractivity contribution in [2.45, 2.75) is 322 Å². The molecule has 0 bridgehead atoms. The van der Waals surface area contributed by atoms with Gasteiger partial charge in [0.2, 0.25) is 0 Å². The summed E-state index contributed by atoms with van der Waals surface area (Å²) < 4.78 is 38.1. The third-order valence-corrected chi connectivity index (χ3v) is 19.3. The van der Waals surface area contributed by atoms with E-state index in [4.69, 9.17) is 0 Å². The van der Waals surface area contributed by atoms with Crippen LogP contribution in [0.5, 0.6) is 0 Å². The summed E-state index contributed by atoms with van der Waals surface area (Å²) in [6, 6.07) is 54.8. The topological polar surface area (TPSA) is 0 Å². The molecule has 0 nitrogen and oxygen atoms in total. The molecule has 8 aromatic carbocycles. The lowest BCUT2D eigenvalue weighted by Crippen LogP contribution is -2.34. The second kappa shape index (κ2) is 43.9. The summed E-state index contributed by atoms with van der Waals surface area (Å²) in [7, 11) is 0. The first-order valence-corrected chi connectivity index (χ1v) is 39.0. The first-order valence-electron chi connectivity index (χ1n) is 39.0. The Balaban J connectivity index is 0.000000590. The molecule has 0 spiro atoms. The summed E-state index contributed by atoms with van der Waals surface area (Å²) in [5.41, 5.74) is 30.6. The van der Waals surface area contributed by atoms with Crippen LogP contribution in [0.25, 0.3) is 0 Å². The fraction of sp³-hybridized carbons (Fsp3) is 0.520. The molecule has 0 amide bonds. The summed E-state index contributed by atoms with van der Waals surface area (Å²) in [6.45, 7) is 77.8. The van der Waals surface area contributed by atoms with Gasteiger partial charge in [-0.25, -0.2) is 0 Å². The van der Waals surface area contributed by atoms with E-state index in [0.29, 0.717) is 40.9 Å². The number of halogens is 3. The minimum Gasteiger partial charge on any atom is -0.171 e. The summed E-state index contributed by atoms with van der Waals surface area (Å²) >= 11 is 0. The Labute approximate surface area is 633 Å². The number of rotatable bonds is 13. The average Bonchev–Trinajstić information content (AvgIpc) is 0.829. The standard InChI is InChI=1S/2C14H22.C13H17F3.2C13H20.C12H18.C11H16.C10H14/c1-10(2)13-9-12(14(4,5)6)8-7-11(13)3;1-10(2)8-13-7-6-12(5)14(9-13)11(3)4;1-9-5-6-11(7-10(9)2)8-12(3,4)13(14,15)16;1-10-6-7-12(8-11(10)2)9-13(3,4)5;1-9(2)12-7-6-11(5)13(8-12)10(3)4;1-9(2)7-12-6-5-10(3)11(4)8-12;1-8(2)11-7-9(3)5-6-10(11)4;1-8(2)10-7-5-4-6-9(10)3/h7-10H,1-6H3;6-7,9-11H,8H2,1-5H3;5-7H,8H2,1-4H3;6-8H,9H2,1-5H3;6-10H,1-5H3;5-6,8-9H,7H2,1-4H3;5-8H,1-4H3;4-8H,1-3H3. The molecule has 0 saturated heterocycles. The molecule has 0 heterocycles. The molecular weight excluding hydrogens is 1260 g/mol. The highest BCUT2D eigenvalue weighted by Gasteiger charge is 2.47. The van der Waals surface area contributed by atoms with Crippen LogP contribution in [0, 0.1) is 106 Å². The van der Waals surface area contributed by atoms with Gasteiger partial charge in [-0.05, 0) is 289 Å². The number of alkyl halides is 3. The Morgan fingerprint density at radius 2 is 0.592 bits per heavy atom. The number of hydrogen-bond donors (Lipinski definition) is 0. The smallest absolute Gasteiger partial charge is 0.171 e. The van der Waals surface area contributed by atoms with Crippen molar-refractivity contribution in [3.8, 4) is 0 Å². The van der Waals surface area contributed by atoms with Crippen molar-refractivity contribution in [1.82, 2.24) is 0 Å². The van der Waals surface area contributed by atoms with Crippen LogP contribution in [0.3, 0.4) is 0 Å². The molecule has 0 aliphatic rings. The first kappa shape index (κ1) is 94.6. The van der Waals surface area contributed by atoms with Gasteiger partial charge in [0.15, 0.2) is 0 Å². The van der Waals surface area contributed by atoms with E-state index in [1.165, 1.54) is 138 Å². The normalized spacial score (nSPS) is 11.5. The van der Waals surface area contributed by atoms with Gasteiger partial charge in [-0.3, -0.25) is 0 Å². The van der Waals surface area contributed by atoms with Crippen molar-refractivity contribution < 1.29 is 13.2 Å². The second-order valence-corrected chi connectivity index (χ2v) is 35.5. The number of benzene rings is 8. The molecule has 0 saturated carbocycles. The van der Waals surface area contributed by atoms with Crippen LogP contribution in [-0.2, 0) is 31.1 Å². The zero-order valence-corrected chi connectivity index (χ0v) is 72.5. The van der Waals surface area contributed by atoms with Gasteiger partial charge in [0.1, 0.15) is 0 Å². The summed E-state index contributed by atoms with van der Waals surface area (Å²) in [6.07, 6.45) is -0.585. The van der Waals surface area contributed by atoms with Crippen molar-refractivity contribution in [3.05, 3.63) is 280 Å². The zero-order valence-electron chi connectivity index (χ0n) is 72.5. The lowest BCUT2D eigenvalue weighted by molar-refractivity contribution is -0.211. The van der Waals surface area contributed by atoms with E-state index in [0.717, 1.165) is 34.9 Å². The van der Waals surface area contributed by atoms with Gasteiger partial charge >= 0.3 is 6.18 Å². The van der Waals surface area contributed by atoms with Crippen molar-refractivity contribution >= 4 is 0 Å². The largest absolute Gasteiger partial charge is 0.394 e. The fourth-order valence-electron chi connectivity index (χ4n) is 12.3. The Hall–Kier alpha value is -6.45. The van der Waals surface area contributed by atoms with E-state index in [1.807, 2.05) is 26.0 Å². The van der Waals surface area contributed by atoms with Crippen LogP contribution in [-0.4, -0.2) is 6.18 Å². The molecule has 103 heavy (non-hydrogen) atoms. The zero-order chi connectivity index (χ0) is 79.4. The van der Waals surface area contributed by atoms with E-state index < -0.39 is 11.6 Å². The quantitative estimate of drug-likeness (QED) is 0.108. The third kappa shape index (κ3) is 35.9. The maximum atomic E-state index is 12.7. The van der Waals surface area contributed by atoms with Crippen LogP contribution in [0.4, 0.5) is 13.2 Å². The first-order chi connectivity index (χ1) is 47.3. The molecule has 0 aliphatic carbocycles. The van der Waals surface area contributed by atoms with Gasteiger partial charge in [-0.2, -0.15) is 13.2 Å². The molecule has 570 valence electrons. The minimum absolute atomic E-state index is 0.0254. The van der Waals surface area contributed by atoms with Gasteiger partial charge in [0.25, 0.3) is 0 Å². The lowest BCUT2D eigenvalue weighted by atomic mass is 9.83. The lowest BCUT2D eigenvalue weighted by Gasteiger charge is -2.27. The molecular formula is C100H149F3. The van der Waals surface area contributed by atoms with Gasteiger partial charge in [-0.1, -0.05) is 323 Å². The molecule has 0 N–H and O–H groups in total. The predicted octanol–water partition coefficient (Wildman–Crippen LogP) is 31.3. The van der Waals surface area contributed by atoms with Crippen LogP contribution in [0.1, 0.15) is 330 Å².